The Hall–Kier alpha value is -3.54. The van der Waals surface area contributed by atoms with Crippen molar-refractivity contribution < 1.29 is 62.1 Å². The lowest BCUT2D eigenvalue weighted by atomic mass is 9.96. The van der Waals surface area contributed by atoms with E-state index in [1.807, 2.05) is 91.0 Å². The second-order valence-corrected chi connectivity index (χ2v) is 20.7. The first-order valence-corrected chi connectivity index (χ1v) is 22.3. The zero-order valence-electron chi connectivity index (χ0n) is 33.9. The highest BCUT2D eigenvalue weighted by molar-refractivity contribution is 6.74. The van der Waals surface area contributed by atoms with Crippen LogP contribution in [0.2, 0.25) is 18.1 Å². The lowest BCUT2D eigenvalue weighted by molar-refractivity contribution is -0.372. The van der Waals surface area contributed by atoms with E-state index in [-0.39, 0.29) is 38.1 Å². The van der Waals surface area contributed by atoms with Gasteiger partial charge in [0, 0.05) is 13.8 Å². The molecule has 3 aromatic rings. The first kappa shape index (κ1) is 44.6. The summed E-state index contributed by atoms with van der Waals surface area (Å²) in [5, 5.41) is 23.1. The van der Waals surface area contributed by atoms with Crippen molar-refractivity contribution in [1.82, 2.24) is 0 Å². The normalized spacial score (nSPS) is 28.1. The summed E-state index contributed by atoms with van der Waals surface area (Å²) in [5.41, 5.74) is 2.61. The Morgan fingerprint density at radius 3 is 1.60 bits per heavy atom. The van der Waals surface area contributed by atoms with Crippen LogP contribution in [0.4, 0.5) is 0 Å². The maximum Gasteiger partial charge on any atom is 0.303 e. The molecule has 0 bridgehead atoms. The second kappa shape index (κ2) is 20.4. The average molecular weight is 811 g/mol. The van der Waals surface area contributed by atoms with Crippen LogP contribution in [0, 0.1) is 0 Å². The van der Waals surface area contributed by atoms with Gasteiger partial charge in [-0.15, -0.1) is 0 Å². The van der Waals surface area contributed by atoms with Gasteiger partial charge < -0.3 is 52.5 Å². The molecule has 0 spiro atoms. The molecule has 13 nitrogen and oxygen atoms in total. The van der Waals surface area contributed by atoms with E-state index >= 15 is 0 Å². The van der Waals surface area contributed by atoms with Crippen LogP contribution in [-0.4, -0.2) is 105 Å². The standard InChI is InChI=1S/C43H58O13Si/c1-28(44)48-26-34-36(49-23-30-17-11-8-12-18-30)38(50-24-31-19-13-9-14-20-31)40(51-25-32-21-15-10-16-22-32)42(55-34)56-39-37(53-29(2)45)35(46)33(54-41(39)47)27-52-57(6,7)43(3,4)5/h8-22,33-42,46-47H,23-27H2,1-7H3/t33-,34-,35-,36-,37+,38+,39-,40-,41+,42-/m1/s1. The Labute approximate surface area is 336 Å². The van der Waals surface area contributed by atoms with Gasteiger partial charge in [0.25, 0.3) is 0 Å². The van der Waals surface area contributed by atoms with Gasteiger partial charge in [-0.05, 0) is 34.8 Å². The predicted octanol–water partition coefficient (Wildman–Crippen LogP) is 5.45. The molecule has 2 saturated heterocycles. The SMILES string of the molecule is CC(=O)OC[C@H]1O[C@H](O[C@@H]2[C@@H](OC(C)=O)[C@H](O)[C@@H](CO[Si](C)(C)C(C)(C)C)O[C@@H]2O)[C@H](OCc2ccccc2)[C@@H](OCc2ccccc2)[C@@H]1OCc1ccccc1. The maximum absolute atomic E-state index is 12.5. The summed E-state index contributed by atoms with van der Waals surface area (Å²) in [7, 11) is -2.30. The van der Waals surface area contributed by atoms with E-state index < -0.39 is 81.7 Å². The molecule has 10 atom stereocenters. The third kappa shape index (κ3) is 12.5. The van der Waals surface area contributed by atoms with Crippen LogP contribution in [0.3, 0.4) is 0 Å². The minimum Gasteiger partial charge on any atom is -0.463 e. The predicted molar refractivity (Wildman–Crippen MR) is 211 cm³/mol. The monoisotopic (exact) mass is 810 g/mol. The summed E-state index contributed by atoms with van der Waals surface area (Å²) >= 11 is 0. The minimum absolute atomic E-state index is 0.0533. The first-order chi connectivity index (χ1) is 27.1. The Bertz CT molecular complexity index is 1670. The minimum atomic E-state index is -2.30. The largest absolute Gasteiger partial charge is 0.463 e. The quantitative estimate of drug-likeness (QED) is 0.131. The van der Waals surface area contributed by atoms with Gasteiger partial charge in [0.2, 0.25) is 0 Å². The van der Waals surface area contributed by atoms with Crippen molar-refractivity contribution in [2.75, 3.05) is 13.2 Å². The molecule has 14 heteroatoms. The van der Waals surface area contributed by atoms with Crippen LogP contribution in [0.5, 0.6) is 0 Å². The van der Waals surface area contributed by atoms with Crippen LogP contribution >= 0.6 is 0 Å². The fraction of sp³-hybridized carbons (Fsp3) is 0.535. The van der Waals surface area contributed by atoms with E-state index in [0.717, 1.165) is 16.7 Å². The summed E-state index contributed by atoms with van der Waals surface area (Å²) in [6.07, 6.45) is -12.2. The molecule has 2 heterocycles. The van der Waals surface area contributed by atoms with Gasteiger partial charge in [0.1, 0.15) is 43.2 Å². The fourth-order valence-corrected chi connectivity index (χ4v) is 7.38. The number of carbonyl (C=O) groups is 2. The molecular weight excluding hydrogens is 753 g/mol. The fourth-order valence-electron chi connectivity index (χ4n) is 6.37. The molecule has 57 heavy (non-hydrogen) atoms. The van der Waals surface area contributed by atoms with Crippen molar-refractivity contribution in [3.05, 3.63) is 108 Å². The van der Waals surface area contributed by atoms with Crippen LogP contribution in [-0.2, 0) is 71.7 Å². The van der Waals surface area contributed by atoms with Crippen LogP contribution in [0.1, 0.15) is 51.3 Å². The van der Waals surface area contributed by atoms with Gasteiger partial charge in [-0.2, -0.15) is 0 Å². The molecule has 2 aliphatic heterocycles. The number of esters is 2. The van der Waals surface area contributed by atoms with Crippen LogP contribution < -0.4 is 0 Å². The zero-order valence-corrected chi connectivity index (χ0v) is 34.9. The first-order valence-electron chi connectivity index (χ1n) is 19.4. The van der Waals surface area contributed by atoms with Gasteiger partial charge >= 0.3 is 11.9 Å². The van der Waals surface area contributed by atoms with Gasteiger partial charge in [-0.25, -0.2) is 0 Å². The summed E-state index contributed by atoms with van der Waals surface area (Å²) in [6, 6.07) is 28.6. The molecule has 0 aromatic heterocycles. The van der Waals surface area contributed by atoms with Crippen molar-refractivity contribution >= 4 is 20.3 Å². The molecule has 3 aromatic carbocycles. The molecule has 0 aliphatic carbocycles. The van der Waals surface area contributed by atoms with Gasteiger partial charge in [0.15, 0.2) is 33.1 Å². The molecule has 5 rings (SSSR count). The van der Waals surface area contributed by atoms with E-state index in [1.165, 1.54) is 13.8 Å². The van der Waals surface area contributed by atoms with Crippen molar-refractivity contribution in [2.24, 2.45) is 0 Å². The van der Waals surface area contributed by atoms with E-state index in [0.29, 0.717) is 0 Å². The van der Waals surface area contributed by atoms with Crippen LogP contribution in [0.25, 0.3) is 0 Å². The average Bonchev–Trinajstić information content (AvgIpc) is 3.17. The lowest BCUT2D eigenvalue weighted by Crippen LogP contribution is -2.66. The van der Waals surface area contributed by atoms with Crippen molar-refractivity contribution in [3.63, 3.8) is 0 Å². The van der Waals surface area contributed by atoms with E-state index in [9.17, 15) is 19.8 Å². The topological polar surface area (TPSA) is 158 Å². The molecule has 0 unspecified atom stereocenters. The van der Waals surface area contributed by atoms with E-state index in [1.54, 1.807) is 0 Å². The number of rotatable bonds is 17. The number of aliphatic hydroxyl groups excluding tert-OH is 2. The highest BCUT2D eigenvalue weighted by Crippen LogP contribution is 2.38. The van der Waals surface area contributed by atoms with Crippen molar-refractivity contribution in [2.45, 2.75) is 134 Å². The smallest absolute Gasteiger partial charge is 0.303 e. The summed E-state index contributed by atoms with van der Waals surface area (Å²) in [4.78, 5) is 24.7. The molecular formula is C43H58O13Si. The molecule has 2 N–H and O–H groups in total. The molecule has 2 fully saturated rings. The Balaban J connectivity index is 1.50. The Morgan fingerprint density at radius 2 is 1.12 bits per heavy atom. The van der Waals surface area contributed by atoms with Gasteiger partial charge in [-0.1, -0.05) is 112 Å². The lowest BCUT2D eigenvalue weighted by Gasteiger charge is -2.49. The Kier molecular flexibility index (Phi) is 16.0. The van der Waals surface area contributed by atoms with Crippen molar-refractivity contribution in [1.29, 1.82) is 0 Å². The molecule has 2 aliphatic rings. The molecule has 0 amide bonds. The molecule has 312 valence electrons. The molecule has 0 radical (unpaired) electrons. The second-order valence-electron chi connectivity index (χ2n) is 15.9. The highest BCUT2D eigenvalue weighted by Gasteiger charge is 2.54. The van der Waals surface area contributed by atoms with E-state index in [4.69, 9.17) is 42.3 Å². The van der Waals surface area contributed by atoms with Crippen LogP contribution in [0.15, 0.2) is 91.0 Å². The van der Waals surface area contributed by atoms with Gasteiger partial charge in [-0.3, -0.25) is 9.59 Å². The van der Waals surface area contributed by atoms with Gasteiger partial charge in [0.05, 0.1) is 26.4 Å². The third-order valence-corrected chi connectivity index (χ3v) is 15.0. The van der Waals surface area contributed by atoms with E-state index in [2.05, 4.69) is 33.9 Å². The summed E-state index contributed by atoms with van der Waals surface area (Å²) < 4.78 is 56.4. The number of carbonyl (C=O) groups excluding carboxylic acids is 2. The highest BCUT2D eigenvalue weighted by atomic mass is 28.4. The summed E-state index contributed by atoms with van der Waals surface area (Å²) in [5.74, 6) is -1.25. The number of benzene rings is 3. The number of hydrogen-bond acceptors (Lipinski definition) is 13. The summed E-state index contributed by atoms with van der Waals surface area (Å²) in [6.45, 7) is 13.0. The number of ether oxygens (including phenoxy) is 8. The van der Waals surface area contributed by atoms with Crippen molar-refractivity contribution in [3.8, 4) is 0 Å². The maximum atomic E-state index is 12.5. The molecule has 0 saturated carbocycles. The third-order valence-electron chi connectivity index (χ3n) is 10.5. The Morgan fingerprint density at radius 1 is 0.632 bits per heavy atom. The zero-order chi connectivity index (χ0) is 41.2. The number of aliphatic hydroxyl groups is 2. The number of hydrogen-bond donors (Lipinski definition) is 2.